The average molecular weight is 343 g/mol. The van der Waals surface area contributed by atoms with Crippen LogP contribution in [0.4, 0.5) is 0 Å². The smallest absolute Gasteiger partial charge is 0.242 e. The molecule has 2 N–H and O–H groups in total. The van der Waals surface area contributed by atoms with Crippen LogP contribution in [0.5, 0.6) is 0 Å². The van der Waals surface area contributed by atoms with E-state index < -0.39 is 22.0 Å². The Labute approximate surface area is 133 Å². The van der Waals surface area contributed by atoms with E-state index in [1.54, 1.807) is 24.3 Å². The molecule has 22 heavy (non-hydrogen) atoms. The Morgan fingerprint density at radius 2 is 2.00 bits per heavy atom. The number of halogens is 1. The second-order valence-electron chi connectivity index (χ2n) is 4.57. The highest BCUT2D eigenvalue weighted by Crippen LogP contribution is 2.20. The van der Waals surface area contributed by atoms with Crippen LogP contribution in [-0.2, 0) is 21.4 Å². The van der Waals surface area contributed by atoms with Crippen LogP contribution in [0.3, 0.4) is 0 Å². The van der Waals surface area contributed by atoms with Gasteiger partial charge in [-0.25, -0.2) is 8.42 Å². The lowest BCUT2D eigenvalue weighted by molar-refractivity contribution is -0.122. The molecule has 118 valence electrons. The summed E-state index contributed by atoms with van der Waals surface area (Å²) in [4.78, 5) is 11.9. The van der Waals surface area contributed by atoms with Crippen molar-refractivity contribution in [2.75, 3.05) is 0 Å². The maximum atomic E-state index is 12.2. The van der Waals surface area contributed by atoms with Crippen LogP contribution < -0.4 is 10.0 Å². The van der Waals surface area contributed by atoms with Crippen LogP contribution in [0.2, 0.25) is 5.02 Å². The Balaban J connectivity index is 1.99. The molecule has 8 heteroatoms. The molecule has 0 fully saturated rings. The average Bonchev–Trinajstić information content (AvgIpc) is 2.97. The van der Waals surface area contributed by atoms with Gasteiger partial charge in [-0.15, -0.1) is 0 Å². The second kappa shape index (κ2) is 6.95. The molecular formula is C14H15ClN2O4S. The van der Waals surface area contributed by atoms with Gasteiger partial charge < -0.3 is 9.73 Å². The molecule has 0 aliphatic carbocycles. The first-order valence-corrected chi connectivity index (χ1v) is 8.33. The monoisotopic (exact) mass is 342 g/mol. The fourth-order valence-electron chi connectivity index (χ4n) is 1.75. The van der Waals surface area contributed by atoms with Gasteiger partial charge in [0.25, 0.3) is 0 Å². The predicted octanol–water partition coefficient (Wildman–Crippen LogP) is 1.92. The molecule has 0 bridgehead atoms. The lowest BCUT2D eigenvalue weighted by atomic mass is 10.3. The molecule has 1 atom stereocenters. The van der Waals surface area contributed by atoms with E-state index in [0.29, 0.717) is 5.76 Å². The van der Waals surface area contributed by atoms with Crippen molar-refractivity contribution >= 4 is 27.5 Å². The van der Waals surface area contributed by atoms with Crippen molar-refractivity contribution in [3.05, 3.63) is 53.4 Å². The number of furan rings is 1. The first kappa shape index (κ1) is 16.5. The predicted molar refractivity (Wildman–Crippen MR) is 81.8 cm³/mol. The molecule has 0 radical (unpaired) electrons. The minimum atomic E-state index is -3.87. The van der Waals surface area contributed by atoms with Crippen LogP contribution in [0.15, 0.2) is 52.0 Å². The van der Waals surface area contributed by atoms with Crippen molar-refractivity contribution < 1.29 is 17.6 Å². The zero-order valence-electron chi connectivity index (χ0n) is 11.7. The number of nitrogens with one attached hydrogen (secondary N) is 2. The summed E-state index contributed by atoms with van der Waals surface area (Å²) in [5, 5.41) is 2.68. The lowest BCUT2D eigenvalue weighted by Crippen LogP contribution is -2.44. The highest BCUT2D eigenvalue weighted by Gasteiger charge is 2.23. The van der Waals surface area contributed by atoms with Gasteiger partial charge in [-0.05, 0) is 31.2 Å². The Morgan fingerprint density at radius 1 is 1.27 bits per heavy atom. The van der Waals surface area contributed by atoms with Gasteiger partial charge in [0.15, 0.2) is 0 Å². The van der Waals surface area contributed by atoms with Gasteiger partial charge in [-0.1, -0.05) is 23.7 Å². The molecule has 0 saturated heterocycles. The molecule has 0 saturated carbocycles. The summed E-state index contributed by atoms with van der Waals surface area (Å²) in [5.41, 5.74) is 0. The zero-order chi connectivity index (χ0) is 16.2. The van der Waals surface area contributed by atoms with Gasteiger partial charge in [0, 0.05) is 0 Å². The van der Waals surface area contributed by atoms with Crippen molar-refractivity contribution in [3.63, 3.8) is 0 Å². The third kappa shape index (κ3) is 4.09. The number of hydrogen-bond donors (Lipinski definition) is 2. The summed E-state index contributed by atoms with van der Waals surface area (Å²) >= 11 is 5.87. The Hall–Kier alpha value is -1.83. The normalized spacial score (nSPS) is 12.8. The maximum Gasteiger partial charge on any atom is 0.242 e. The summed E-state index contributed by atoms with van der Waals surface area (Å²) in [5.74, 6) is 0.113. The Bertz CT molecular complexity index is 744. The molecule has 0 spiro atoms. The van der Waals surface area contributed by atoms with Gasteiger partial charge in [0.1, 0.15) is 10.7 Å². The van der Waals surface area contributed by atoms with Gasteiger partial charge in [-0.2, -0.15) is 4.72 Å². The van der Waals surface area contributed by atoms with Crippen molar-refractivity contribution in [2.24, 2.45) is 0 Å². The van der Waals surface area contributed by atoms with E-state index in [2.05, 4.69) is 10.0 Å². The molecule has 1 amide bonds. The first-order chi connectivity index (χ1) is 10.4. The largest absolute Gasteiger partial charge is 0.467 e. The molecule has 2 aromatic rings. The number of carbonyl (C=O) groups excluding carboxylic acids is 1. The van der Waals surface area contributed by atoms with E-state index >= 15 is 0 Å². The SMILES string of the molecule is C[C@H](NS(=O)(=O)c1ccccc1Cl)C(=O)NCc1ccco1. The van der Waals surface area contributed by atoms with E-state index in [1.165, 1.54) is 25.3 Å². The van der Waals surface area contributed by atoms with Gasteiger partial charge in [0.2, 0.25) is 15.9 Å². The van der Waals surface area contributed by atoms with Crippen molar-refractivity contribution in [2.45, 2.75) is 24.4 Å². The quantitative estimate of drug-likeness (QED) is 0.839. The van der Waals surface area contributed by atoms with Crippen LogP contribution >= 0.6 is 11.6 Å². The number of sulfonamides is 1. The lowest BCUT2D eigenvalue weighted by Gasteiger charge is -2.14. The number of rotatable bonds is 6. The molecule has 1 heterocycles. The highest BCUT2D eigenvalue weighted by molar-refractivity contribution is 7.89. The Kier molecular flexibility index (Phi) is 5.23. The molecule has 6 nitrogen and oxygen atoms in total. The van der Waals surface area contributed by atoms with Crippen molar-refractivity contribution in [3.8, 4) is 0 Å². The summed E-state index contributed by atoms with van der Waals surface area (Å²) in [7, 11) is -3.87. The van der Waals surface area contributed by atoms with Crippen LogP contribution in [0.1, 0.15) is 12.7 Å². The van der Waals surface area contributed by atoms with Crippen molar-refractivity contribution in [1.82, 2.24) is 10.0 Å². The van der Waals surface area contributed by atoms with Gasteiger partial charge in [-0.3, -0.25) is 4.79 Å². The van der Waals surface area contributed by atoms with E-state index in [1.807, 2.05) is 0 Å². The number of hydrogen-bond acceptors (Lipinski definition) is 4. The van der Waals surface area contributed by atoms with Crippen molar-refractivity contribution in [1.29, 1.82) is 0 Å². The topological polar surface area (TPSA) is 88.4 Å². The fourth-order valence-corrected chi connectivity index (χ4v) is 3.48. The summed E-state index contributed by atoms with van der Waals surface area (Å²) < 4.78 is 31.8. The van der Waals surface area contributed by atoms with E-state index in [-0.39, 0.29) is 16.5 Å². The minimum Gasteiger partial charge on any atom is -0.467 e. The second-order valence-corrected chi connectivity index (χ2v) is 6.66. The molecule has 1 aromatic heterocycles. The summed E-state index contributed by atoms with van der Waals surface area (Å²) in [6.45, 7) is 1.63. The molecule has 0 unspecified atom stereocenters. The highest BCUT2D eigenvalue weighted by atomic mass is 35.5. The van der Waals surface area contributed by atoms with Crippen LogP contribution in [-0.4, -0.2) is 20.4 Å². The van der Waals surface area contributed by atoms with Gasteiger partial charge in [0.05, 0.1) is 23.9 Å². The standard InChI is InChI=1S/C14H15ClN2O4S/c1-10(14(18)16-9-11-5-4-8-21-11)17-22(19,20)13-7-3-2-6-12(13)15/h2-8,10,17H,9H2,1H3,(H,16,18)/t10-/m0/s1. The maximum absolute atomic E-state index is 12.2. The third-order valence-corrected chi connectivity index (χ3v) is 4.91. The minimum absolute atomic E-state index is 0.0673. The van der Waals surface area contributed by atoms with E-state index in [4.69, 9.17) is 16.0 Å². The van der Waals surface area contributed by atoms with E-state index in [9.17, 15) is 13.2 Å². The molecule has 1 aromatic carbocycles. The number of amides is 1. The fraction of sp³-hybridized carbons (Fsp3) is 0.214. The van der Waals surface area contributed by atoms with Gasteiger partial charge >= 0.3 is 0 Å². The summed E-state index contributed by atoms with van der Waals surface area (Å²) in [6, 6.07) is 8.49. The third-order valence-electron chi connectivity index (χ3n) is 2.87. The molecule has 0 aliphatic rings. The first-order valence-electron chi connectivity index (χ1n) is 6.47. The zero-order valence-corrected chi connectivity index (χ0v) is 13.3. The molecular weight excluding hydrogens is 328 g/mol. The van der Waals surface area contributed by atoms with Crippen LogP contribution in [0, 0.1) is 0 Å². The summed E-state index contributed by atoms with van der Waals surface area (Å²) in [6.07, 6.45) is 1.49. The van der Waals surface area contributed by atoms with Crippen LogP contribution in [0.25, 0.3) is 0 Å². The Morgan fingerprint density at radius 3 is 2.64 bits per heavy atom. The van der Waals surface area contributed by atoms with E-state index in [0.717, 1.165) is 0 Å². The number of benzene rings is 1. The molecule has 0 aliphatic heterocycles. The molecule has 2 rings (SSSR count). The number of carbonyl (C=O) groups is 1.